The lowest BCUT2D eigenvalue weighted by molar-refractivity contribution is 1.29. The van der Waals surface area contributed by atoms with E-state index in [2.05, 4.69) is 43.3 Å². The van der Waals surface area contributed by atoms with Crippen molar-refractivity contribution in [3.8, 4) is 0 Å². The number of isothiocyanates is 1. The fourth-order valence-electron chi connectivity index (χ4n) is 0.514. The van der Waals surface area contributed by atoms with Gasteiger partial charge in [-0.1, -0.05) is 0 Å². The van der Waals surface area contributed by atoms with Gasteiger partial charge < -0.3 is 0 Å². The van der Waals surface area contributed by atoms with Crippen molar-refractivity contribution in [3.63, 3.8) is 0 Å². The first-order valence-electron chi connectivity index (χ1n) is 2.51. The van der Waals surface area contributed by atoms with Crippen molar-refractivity contribution in [1.29, 1.82) is 0 Å². The summed E-state index contributed by atoms with van der Waals surface area (Å²) in [5.41, 5.74) is 0.712. The topological polar surface area (TPSA) is 25.2 Å². The van der Waals surface area contributed by atoms with Crippen molar-refractivity contribution in [1.82, 2.24) is 4.98 Å². The molecule has 0 aliphatic carbocycles. The first kappa shape index (κ1) is 7.54. The van der Waals surface area contributed by atoms with Gasteiger partial charge in [0, 0.05) is 10.7 Å². The number of aliphatic imine (C=N–C) groups is 1. The molecular weight excluding hydrogens is 212 g/mol. The average Bonchev–Trinajstić information content (AvgIpc) is 1.88. The van der Waals surface area contributed by atoms with Crippen LogP contribution in [0.15, 0.2) is 27.9 Å². The number of hydrogen-bond donors (Lipinski definition) is 0. The molecule has 0 saturated heterocycles. The van der Waals surface area contributed by atoms with E-state index in [4.69, 9.17) is 0 Å². The molecule has 1 heterocycles. The van der Waals surface area contributed by atoms with Crippen LogP contribution in [0.4, 0.5) is 5.69 Å². The normalized spacial score (nSPS) is 8.50. The number of nitrogens with zero attached hydrogens (tertiary/aromatic N) is 2. The van der Waals surface area contributed by atoms with E-state index < -0.39 is 0 Å². The highest BCUT2D eigenvalue weighted by Gasteiger charge is 1.88. The predicted octanol–water partition coefficient (Wildman–Crippen LogP) is 2.58. The van der Waals surface area contributed by atoms with E-state index in [-0.39, 0.29) is 0 Å². The van der Waals surface area contributed by atoms with E-state index in [1.807, 2.05) is 6.07 Å². The zero-order valence-corrected chi connectivity index (χ0v) is 7.32. The maximum atomic E-state index is 4.42. The summed E-state index contributed by atoms with van der Waals surface area (Å²) < 4.78 is 0.888. The second-order valence-corrected chi connectivity index (χ2v) is 2.66. The van der Waals surface area contributed by atoms with Gasteiger partial charge in [0.15, 0.2) is 0 Å². The Hall–Kier alpha value is -0.570. The maximum absolute atomic E-state index is 4.42. The smallest absolute Gasteiger partial charge is 0.0933 e. The molecule has 1 aromatic heterocycles. The van der Waals surface area contributed by atoms with Crippen molar-refractivity contribution >= 4 is 39.0 Å². The molecule has 0 atom stereocenters. The second kappa shape index (κ2) is 3.56. The van der Waals surface area contributed by atoms with Gasteiger partial charge >= 0.3 is 0 Å². The fraction of sp³-hybridized carbons (Fsp3) is 0. The minimum absolute atomic E-state index is 0.712. The number of thiocarbonyl (C=S) groups is 1. The average molecular weight is 215 g/mol. The molecule has 1 aromatic rings. The summed E-state index contributed by atoms with van der Waals surface area (Å²) >= 11 is 7.67. The molecule has 0 spiro atoms. The van der Waals surface area contributed by atoms with Crippen molar-refractivity contribution in [2.75, 3.05) is 0 Å². The number of rotatable bonds is 1. The Labute approximate surface area is 72.1 Å². The summed E-state index contributed by atoms with van der Waals surface area (Å²) in [6, 6.07) is 1.81. The molecule has 0 saturated carbocycles. The molecule has 50 valence electrons. The standard InChI is InChI=1S/C6H3BrN2S/c7-5-1-6(9-4-10)3-8-2-5/h1-3H. The van der Waals surface area contributed by atoms with Crippen molar-refractivity contribution in [2.24, 2.45) is 4.99 Å². The quantitative estimate of drug-likeness (QED) is 0.531. The highest BCUT2D eigenvalue weighted by Crippen LogP contribution is 2.15. The van der Waals surface area contributed by atoms with Gasteiger partial charge in [0.25, 0.3) is 0 Å². The second-order valence-electron chi connectivity index (χ2n) is 1.56. The molecule has 0 N–H and O–H groups in total. The van der Waals surface area contributed by atoms with Gasteiger partial charge in [-0.2, -0.15) is 4.99 Å². The van der Waals surface area contributed by atoms with Crippen LogP contribution in [0.3, 0.4) is 0 Å². The maximum Gasteiger partial charge on any atom is 0.0933 e. The molecule has 2 nitrogen and oxygen atoms in total. The molecule has 0 aromatic carbocycles. The van der Waals surface area contributed by atoms with E-state index in [1.165, 1.54) is 0 Å². The number of pyridine rings is 1. The number of aromatic nitrogens is 1. The SMILES string of the molecule is S=C=Nc1cncc(Br)c1. The number of halogens is 1. The summed E-state index contributed by atoms with van der Waals surface area (Å²) in [6.45, 7) is 0. The van der Waals surface area contributed by atoms with Crippen LogP contribution in [-0.4, -0.2) is 10.1 Å². The van der Waals surface area contributed by atoms with E-state index >= 15 is 0 Å². The van der Waals surface area contributed by atoms with Crippen LogP contribution in [-0.2, 0) is 0 Å². The number of hydrogen-bond acceptors (Lipinski definition) is 3. The first-order chi connectivity index (χ1) is 4.83. The third kappa shape index (κ3) is 1.99. The highest BCUT2D eigenvalue weighted by atomic mass is 79.9. The van der Waals surface area contributed by atoms with E-state index in [0.29, 0.717) is 5.69 Å². The van der Waals surface area contributed by atoms with Crippen LogP contribution in [0.2, 0.25) is 0 Å². The van der Waals surface area contributed by atoms with Crippen LogP contribution in [0, 0.1) is 0 Å². The zero-order valence-electron chi connectivity index (χ0n) is 4.91. The summed E-state index contributed by atoms with van der Waals surface area (Å²) in [5, 5.41) is 2.26. The molecule has 0 aliphatic rings. The van der Waals surface area contributed by atoms with Gasteiger partial charge in [0.1, 0.15) is 0 Å². The van der Waals surface area contributed by atoms with Crippen LogP contribution < -0.4 is 0 Å². The van der Waals surface area contributed by atoms with Crippen LogP contribution >= 0.6 is 28.1 Å². The minimum atomic E-state index is 0.712. The molecule has 0 amide bonds. The summed E-state index contributed by atoms with van der Waals surface area (Å²) in [7, 11) is 0. The highest BCUT2D eigenvalue weighted by molar-refractivity contribution is 9.10. The third-order valence-electron chi connectivity index (χ3n) is 0.865. The molecule has 10 heavy (non-hydrogen) atoms. The Morgan fingerprint density at radius 3 is 3.00 bits per heavy atom. The Morgan fingerprint density at radius 2 is 2.40 bits per heavy atom. The lowest BCUT2D eigenvalue weighted by Crippen LogP contribution is -1.69. The van der Waals surface area contributed by atoms with Gasteiger partial charge in [0.05, 0.1) is 17.0 Å². The van der Waals surface area contributed by atoms with Crippen LogP contribution in [0.5, 0.6) is 0 Å². The van der Waals surface area contributed by atoms with Gasteiger partial charge in [-0.3, -0.25) is 4.98 Å². The van der Waals surface area contributed by atoms with Gasteiger partial charge in [-0.15, -0.1) is 0 Å². The van der Waals surface area contributed by atoms with Gasteiger partial charge in [0.2, 0.25) is 0 Å². The Kier molecular flexibility index (Phi) is 2.68. The summed E-state index contributed by atoms with van der Waals surface area (Å²) in [4.78, 5) is 7.62. The Bertz CT molecular complexity index is 281. The Balaban J connectivity index is 3.06. The lowest BCUT2D eigenvalue weighted by atomic mass is 10.4. The van der Waals surface area contributed by atoms with Crippen molar-refractivity contribution in [3.05, 3.63) is 22.9 Å². The van der Waals surface area contributed by atoms with Crippen LogP contribution in [0.25, 0.3) is 0 Å². The predicted molar refractivity (Wildman–Crippen MR) is 46.6 cm³/mol. The molecule has 0 bridgehead atoms. The molecule has 0 unspecified atom stereocenters. The molecular formula is C6H3BrN2S. The summed E-state index contributed by atoms with van der Waals surface area (Å²) in [5.74, 6) is 0. The minimum Gasteiger partial charge on any atom is -0.261 e. The summed E-state index contributed by atoms with van der Waals surface area (Å²) in [6.07, 6.45) is 3.30. The Morgan fingerprint density at radius 1 is 1.60 bits per heavy atom. The van der Waals surface area contributed by atoms with Crippen LogP contribution in [0.1, 0.15) is 0 Å². The zero-order chi connectivity index (χ0) is 7.40. The molecule has 0 radical (unpaired) electrons. The fourth-order valence-corrected chi connectivity index (χ4v) is 0.973. The monoisotopic (exact) mass is 214 g/mol. The van der Waals surface area contributed by atoms with Crippen molar-refractivity contribution < 1.29 is 0 Å². The van der Waals surface area contributed by atoms with E-state index in [0.717, 1.165) is 4.47 Å². The molecule has 0 fully saturated rings. The molecule has 1 rings (SSSR count). The van der Waals surface area contributed by atoms with Crippen molar-refractivity contribution in [2.45, 2.75) is 0 Å². The lowest BCUT2D eigenvalue weighted by Gasteiger charge is -1.88. The van der Waals surface area contributed by atoms with E-state index in [1.54, 1.807) is 12.4 Å². The van der Waals surface area contributed by atoms with Gasteiger partial charge in [-0.25, -0.2) is 0 Å². The third-order valence-corrected chi connectivity index (χ3v) is 1.39. The molecule has 0 aliphatic heterocycles. The van der Waals surface area contributed by atoms with Gasteiger partial charge in [-0.05, 0) is 34.2 Å². The first-order valence-corrected chi connectivity index (χ1v) is 3.71. The largest absolute Gasteiger partial charge is 0.261 e. The van der Waals surface area contributed by atoms with E-state index in [9.17, 15) is 0 Å². The molecule has 4 heteroatoms.